The Kier molecular flexibility index (Phi) is 3.81. The molecule has 108 valence electrons. The fourth-order valence-electron chi connectivity index (χ4n) is 2.76. The van der Waals surface area contributed by atoms with Crippen molar-refractivity contribution in [1.29, 1.82) is 0 Å². The second-order valence-electron chi connectivity index (χ2n) is 5.31. The predicted octanol–water partition coefficient (Wildman–Crippen LogP) is 3.92. The molecular weight excluding hydrogens is 333 g/mol. The van der Waals surface area contributed by atoms with E-state index < -0.39 is 5.82 Å². The molecule has 2 unspecified atom stereocenters. The summed E-state index contributed by atoms with van der Waals surface area (Å²) in [4.78, 5) is 12.5. The van der Waals surface area contributed by atoms with E-state index in [-0.39, 0.29) is 22.3 Å². The molecule has 1 N–H and O–H groups in total. The number of halogens is 2. The van der Waals surface area contributed by atoms with Gasteiger partial charge in [0.25, 0.3) is 5.91 Å². The third-order valence-corrected chi connectivity index (χ3v) is 4.74. The van der Waals surface area contributed by atoms with Gasteiger partial charge in [-0.2, -0.15) is 0 Å². The maximum Gasteiger partial charge on any atom is 0.254 e. The number of fused-ring (bicyclic) bond motifs is 1. The molecule has 0 aliphatic heterocycles. The van der Waals surface area contributed by atoms with Crippen molar-refractivity contribution in [3.05, 3.63) is 70.5 Å². The minimum absolute atomic E-state index is 0.0964. The summed E-state index contributed by atoms with van der Waals surface area (Å²) < 4.78 is 14.0. The number of rotatable bonds is 2. The molecule has 21 heavy (non-hydrogen) atoms. The summed E-state index contributed by atoms with van der Waals surface area (Å²) in [7, 11) is 0. The van der Waals surface area contributed by atoms with Crippen molar-refractivity contribution in [2.24, 2.45) is 0 Å². The van der Waals surface area contributed by atoms with E-state index in [0.29, 0.717) is 5.56 Å². The number of benzene rings is 2. The molecule has 2 aromatic rings. The lowest BCUT2D eigenvalue weighted by molar-refractivity contribution is 0.0933. The zero-order chi connectivity index (χ0) is 15.0. The van der Waals surface area contributed by atoms with Crippen LogP contribution in [0.4, 0.5) is 4.39 Å². The van der Waals surface area contributed by atoms with E-state index in [9.17, 15) is 9.18 Å². The number of nitrogens with one attached hydrogen (secondary N) is 1. The fourth-order valence-corrected chi connectivity index (χ4v) is 3.52. The lowest BCUT2D eigenvalue weighted by Gasteiger charge is -2.18. The minimum Gasteiger partial charge on any atom is -0.344 e. The lowest BCUT2D eigenvalue weighted by Crippen LogP contribution is -2.32. The standard InChI is InChI=1S/C17H15BrFNO/c1-10-5-4-8-13(15(10)19)17(21)20-16-12-7-3-2-6-11(12)9-14(16)18/h2-8,14,16H,9H2,1H3,(H,20,21). The van der Waals surface area contributed by atoms with E-state index in [1.54, 1.807) is 19.1 Å². The third-order valence-electron chi connectivity index (χ3n) is 3.89. The van der Waals surface area contributed by atoms with Crippen molar-refractivity contribution in [3.63, 3.8) is 0 Å². The molecule has 3 rings (SSSR count). The zero-order valence-electron chi connectivity index (χ0n) is 11.6. The molecule has 0 radical (unpaired) electrons. The van der Waals surface area contributed by atoms with Gasteiger partial charge in [0.2, 0.25) is 0 Å². The first-order chi connectivity index (χ1) is 10.1. The van der Waals surface area contributed by atoms with Gasteiger partial charge >= 0.3 is 0 Å². The van der Waals surface area contributed by atoms with Crippen LogP contribution in [-0.4, -0.2) is 10.7 Å². The van der Waals surface area contributed by atoms with Gasteiger partial charge in [-0.1, -0.05) is 52.3 Å². The van der Waals surface area contributed by atoms with Gasteiger partial charge in [0, 0.05) is 4.83 Å². The summed E-state index contributed by atoms with van der Waals surface area (Å²) in [6.07, 6.45) is 0.859. The number of carbonyl (C=O) groups excluding carboxylic acids is 1. The van der Waals surface area contributed by atoms with Crippen LogP contribution in [0.3, 0.4) is 0 Å². The molecule has 1 amide bonds. The zero-order valence-corrected chi connectivity index (χ0v) is 13.2. The molecule has 4 heteroatoms. The van der Waals surface area contributed by atoms with Crippen molar-refractivity contribution in [1.82, 2.24) is 5.32 Å². The smallest absolute Gasteiger partial charge is 0.254 e. The minimum atomic E-state index is -0.451. The van der Waals surface area contributed by atoms with Crippen LogP contribution < -0.4 is 5.32 Å². The van der Waals surface area contributed by atoms with Crippen molar-refractivity contribution < 1.29 is 9.18 Å². The molecule has 0 spiro atoms. The first-order valence-corrected chi connectivity index (χ1v) is 7.77. The molecule has 2 atom stereocenters. The number of hydrogen-bond acceptors (Lipinski definition) is 1. The van der Waals surface area contributed by atoms with Gasteiger partial charge in [0.05, 0.1) is 11.6 Å². The number of carbonyl (C=O) groups is 1. The summed E-state index contributed by atoms with van der Waals surface area (Å²) in [6.45, 7) is 1.66. The summed E-state index contributed by atoms with van der Waals surface area (Å²) in [5, 5.41) is 2.94. The van der Waals surface area contributed by atoms with Gasteiger partial charge in [0.15, 0.2) is 0 Å². The Balaban J connectivity index is 1.87. The maximum atomic E-state index is 14.0. The average Bonchev–Trinajstić information content (AvgIpc) is 2.78. The maximum absolute atomic E-state index is 14.0. The van der Waals surface area contributed by atoms with Crippen LogP contribution in [0.5, 0.6) is 0 Å². The van der Waals surface area contributed by atoms with Gasteiger partial charge in [-0.15, -0.1) is 0 Å². The second-order valence-corrected chi connectivity index (χ2v) is 6.48. The highest BCUT2D eigenvalue weighted by atomic mass is 79.9. The molecule has 1 aliphatic rings. The van der Waals surface area contributed by atoms with Crippen molar-refractivity contribution in [3.8, 4) is 0 Å². The Bertz CT molecular complexity index is 701. The Labute approximate surface area is 131 Å². The highest BCUT2D eigenvalue weighted by molar-refractivity contribution is 9.09. The molecular formula is C17H15BrFNO. The first-order valence-electron chi connectivity index (χ1n) is 6.86. The number of hydrogen-bond donors (Lipinski definition) is 1. The van der Waals surface area contributed by atoms with Gasteiger partial charge in [-0.05, 0) is 36.1 Å². The summed E-state index contributed by atoms with van der Waals surface area (Å²) in [5.74, 6) is -0.824. The van der Waals surface area contributed by atoms with Gasteiger partial charge in [0.1, 0.15) is 5.82 Å². The first kappa shape index (κ1) is 14.3. The number of alkyl halides is 1. The Morgan fingerprint density at radius 2 is 2.00 bits per heavy atom. The lowest BCUT2D eigenvalue weighted by atomic mass is 10.1. The van der Waals surface area contributed by atoms with Crippen molar-refractivity contribution in [2.75, 3.05) is 0 Å². The molecule has 0 bridgehead atoms. The molecule has 1 aliphatic carbocycles. The van der Waals surface area contributed by atoms with E-state index in [4.69, 9.17) is 0 Å². The monoisotopic (exact) mass is 347 g/mol. The van der Waals surface area contributed by atoms with Crippen LogP contribution in [0.2, 0.25) is 0 Å². The van der Waals surface area contributed by atoms with Gasteiger partial charge in [-0.25, -0.2) is 4.39 Å². The van der Waals surface area contributed by atoms with Gasteiger partial charge in [-0.3, -0.25) is 4.79 Å². The summed E-state index contributed by atoms with van der Waals surface area (Å²) in [5.41, 5.74) is 2.89. The largest absolute Gasteiger partial charge is 0.344 e. The second kappa shape index (κ2) is 5.60. The van der Waals surface area contributed by atoms with Crippen LogP contribution >= 0.6 is 15.9 Å². The Morgan fingerprint density at radius 3 is 2.81 bits per heavy atom. The molecule has 0 fully saturated rings. The number of aryl methyl sites for hydroxylation is 1. The molecule has 0 saturated carbocycles. The van der Waals surface area contributed by atoms with Crippen molar-refractivity contribution >= 4 is 21.8 Å². The van der Waals surface area contributed by atoms with E-state index >= 15 is 0 Å². The average molecular weight is 348 g/mol. The quantitative estimate of drug-likeness (QED) is 0.819. The molecule has 2 aromatic carbocycles. The molecule has 0 aromatic heterocycles. The van der Waals surface area contributed by atoms with Crippen LogP contribution in [0.1, 0.15) is 33.1 Å². The van der Waals surface area contributed by atoms with E-state index in [0.717, 1.165) is 12.0 Å². The van der Waals surface area contributed by atoms with Crippen LogP contribution in [0, 0.1) is 12.7 Å². The topological polar surface area (TPSA) is 29.1 Å². The SMILES string of the molecule is Cc1cccc(C(=O)NC2c3ccccc3CC2Br)c1F. The van der Waals surface area contributed by atoms with Gasteiger partial charge < -0.3 is 5.32 Å². The Hall–Kier alpha value is -1.68. The molecule has 2 nitrogen and oxygen atoms in total. The molecule has 0 heterocycles. The normalized spacial score (nSPS) is 20.1. The fraction of sp³-hybridized carbons (Fsp3) is 0.235. The predicted molar refractivity (Wildman–Crippen MR) is 84.2 cm³/mol. The van der Waals surface area contributed by atoms with Crippen LogP contribution in [0.15, 0.2) is 42.5 Å². The summed E-state index contributed by atoms with van der Waals surface area (Å²) >= 11 is 3.61. The van der Waals surface area contributed by atoms with Crippen LogP contribution in [0.25, 0.3) is 0 Å². The van der Waals surface area contributed by atoms with E-state index in [1.807, 2.05) is 18.2 Å². The highest BCUT2D eigenvalue weighted by Gasteiger charge is 2.32. The highest BCUT2D eigenvalue weighted by Crippen LogP contribution is 2.35. The van der Waals surface area contributed by atoms with E-state index in [1.165, 1.54) is 11.6 Å². The van der Waals surface area contributed by atoms with Crippen molar-refractivity contribution in [2.45, 2.75) is 24.2 Å². The summed E-state index contributed by atoms with van der Waals surface area (Å²) in [6, 6.07) is 12.7. The van der Waals surface area contributed by atoms with Crippen LogP contribution in [-0.2, 0) is 6.42 Å². The molecule has 0 saturated heterocycles. The van der Waals surface area contributed by atoms with E-state index in [2.05, 4.69) is 27.3 Å². The Morgan fingerprint density at radius 1 is 1.24 bits per heavy atom. The number of amides is 1. The third kappa shape index (κ3) is 2.60.